The fourth-order valence-electron chi connectivity index (χ4n) is 2.96. The second-order valence-electron chi connectivity index (χ2n) is 5.85. The Bertz CT molecular complexity index is 635. The number of aryl methyl sites for hydroxylation is 1. The molecule has 0 saturated carbocycles. The molecule has 7 heteroatoms. The molecule has 1 aliphatic rings. The van der Waals surface area contributed by atoms with E-state index in [2.05, 4.69) is 26.2 Å². The molecular weight excluding hydrogens is 324 g/mol. The minimum Gasteiger partial charge on any atom is -0.379 e. The number of amides is 2. The van der Waals surface area contributed by atoms with Crippen molar-refractivity contribution in [2.75, 3.05) is 32.8 Å². The van der Waals surface area contributed by atoms with E-state index >= 15 is 0 Å². The summed E-state index contributed by atoms with van der Waals surface area (Å²) < 4.78 is 7.57. The molecule has 1 fully saturated rings. The number of nitrogens with zero attached hydrogens (tertiary/aromatic N) is 2. The third-order valence-electron chi connectivity index (χ3n) is 4.27. The van der Waals surface area contributed by atoms with Crippen molar-refractivity contribution < 1.29 is 9.53 Å². The van der Waals surface area contributed by atoms with Gasteiger partial charge in [0.05, 0.1) is 25.8 Å². The van der Waals surface area contributed by atoms with Crippen molar-refractivity contribution in [1.82, 2.24) is 20.1 Å². The van der Waals surface area contributed by atoms with E-state index in [1.165, 1.54) is 5.69 Å². The number of morpholine rings is 1. The number of aromatic nitrogens is 1. The Morgan fingerprint density at radius 3 is 2.79 bits per heavy atom. The zero-order valence-corrected chi connectivity index (χ0v) is 14.7. The zero-order chi connectivity index (χ0) is 16.8. The molecule has 2 aromatic rings. The molecule has 1 aliphatic heterocycles. The average Bonchev–Trinajstić information content (AvgIpc) is 3.26. The summed E-state index contributed by atoms with van der Waals surface area (Å²) in [5.41, 5.74) is 1.20. The number of hydrogen-bond donors (Lipinski definition) is 2. The highest BCUT2D eigenvalue weighted by atomic mass is 32.1. The van der Waals surface area contributed by atoms with Gasteiger partial charge in [0.1, 0.15) is 0 Å². The van der Waals surface area contributed by atoms with Crippen molar-refractivity contribution >= 4 is 17.4 Å². The lowest BCUT2D eigenvalue weighted by atomic mass is 10.1. The number of urea groups is 1. The van der Waals surface area contributed by atoms with Gasteiger partial charge in [-0.3, -0.25) is 4.90 Å². The van der Waals surface area contributed by atoms with Gasteiger partial charge in [0, 0.05) is 43.4 Å². The first-order valence-electron chi connectivity index (χ1n) is 8.21. The van der Waals surface area contributed by atoms with E-state index < -0.39 is 0 Å². The molecule has 130 valence electrons. The molecule has 0 radical (unpaired) electrons. The number of thiophene rings is 1. The maximum absolute atomic E-state index is 12.1. The van der Waals surface area contributed by atoms with Gasteiger partial charge in [-0.25, -0.2) is 4.79 Å². The van der Waals surface area contributed by atoms with Crippen LogP contribution in [0.5, 0.6) is 0 Å². The maximum Gasteiger partial charge on any atom is 0.315 e. The number of carbonyl (C=O) groups excluding carboxylic acids is 1. The normalized spacial score (nSPS) is 16.7. The lowest BCUT2D eigenvalue weighted by Crippen LogP contribution is -2.46. The number of rotatable bonds is 6. The smallest absolute Gasteiger partial charge is 0.315 e. The van der Waals surface area contributed by atoms with Crippen LogP contribution in [0.15, 0.2) is 35.8 Å². The minimum absolute atomic E-state index is 0.129. The van der Waals surface area contributed by atoms with Gasteiger partial charge < -0.3 is 19.9 Å². The molecule has 24 heavy (non-hydrogen) atoms. The highest BCUT2D eigenvalue weighted by molar-refractivity contribution is 7.09. The van der Waals surface area contributed by atoms with Crippen LogP contribution in [-0.4, -0.2) is 48.3 Å². The molecule has 2 amide bonds. The van der Waals surface area contributed by atoms with Gasteiger partial charge in [-0.05, 0) is 23.6 Å². The van der Waals surface area contributed by atoms with E-state index in [0.29, 0.717) is 13.1 Å². The van der Waals surface area contributed by atoms with Crippen LogP contribution in [0.2, 0.25) is 0 Å². The molecule has 3 rings (SSSR count). The van der Waals surface area contributed by atoms with Crippen LogP contribution in [0.1, 0.15) is 16.6 Å². The lowest BCUT2D eigenvalue weighted by Gasteiger charge is -2.34. The molecule has 0 bridgehead atoms. The highest BCUT2D eigenvalue weighted by Crippen LogP contribution is 2.21. The van der Waals surface area contributed by atoms with E-state index in [-0.39, 0.29) is 12.1 Å². The molecule has 6 nitrogen and oxygen atoms in total. The first-order valence-corrected chi connectivity index (χ1v) is 9.09. The van der Waals surface area contributed by atoms with Gasteiger partial charge in [0.25, 0.3) is 0 Å². The summed E-state index contributed by atoms with van der Waals surface area (Å²) in [5, 5.41) is 7.94. The van der Waals surface area contributed by atoms with Crippen molar-refractivity contribution in [1.29, 1.82) is 0 Å². The summed E-state index contributed by atoms with van der Waals surface area (Å²) in [6, 6.07) is 8.19. The molecule has 1 atom stereocenters. The Kier molecular flexibility index (Phi) is 5.90. The van der Waals surface area contributed by atoms with Gasteiger partial charge in [-0.2, -0.15) is 0 Å². The van der Waals surface area contributed by atoms with Crippen molar-refractivity contribution in [3.05, 3.63) is 46.4 Å². The summed E-state index contributed by atoms with van der Waals surface area (Å²) in [5.74, 6) is 0. The molecule has 0 unspecified atom stereocenters. The summed E-state index contributed by atoms with van der Waals surface area (Å²) in [6.45, 7) is 4.39. The zero-order valence-electron chi connectivity index (χ0n) is 13.9. The molecule has 2 aromatic heterocycles. The van der Waals surface area contributed by atoms with Crippen LogP contribution in [0, 0.1) is 0 Å². The third kappa shape index (κ3) is 4.37. The van der Waals surface area contributed by atoms with Gasteiger partial charge in [-0.15, -0.1) is 11.3 Å². The minimum atomic E-state index is -0.129. The van der Waals surface area contributed by atoms with Crippen LogP contribution in [0.4, 0.5) is 4.79 Å². The fourth-order valence-corrected chi connectivity index (χ4v) is 3.61. The quantitative estimate of drug-likeness (QED) is 0.839. The molecule has 1 saturated heterocycles. The van der Waals surface area contributed by atoms with Crippen LogP contribution in [0.25, 0.3) is 0 Å². The van der Waals surface area contributed by atoms with Crippen molar-refractivity contribution in [3.8, 4) is 0 Å². The molecule has 2 N–H and O–H groups in total. The van der Waals surface area contributed by atoms with Gasteiger partial charge in [-0.1, -0.05) is 6.07 Å². The Hall–Kier alpha value is -1.83. The number of hydrogen-bond acceptors (Lipinski definition) is 4. The number of carbonyl (C=O) groups is 1. The first kappa shape index (κ1) is 17.0. The Morgan fingerprint density at radius 2 is 2.12 bits per heavy atom. The highest BCUT2D eigenvalue weighted by Gasteiger charge is 2.24. The molecule has 0 aliphatic carbocycles. The number of ether oxygens (including phenoxy) is 1. The Balaban J connectivity index is 1.57. The first-order chi connectivity index (χ1) is 11.7. The summed E-state index contributed by atoms with van der Waals surface area (Å²) in [6.07, 6.45) is 2.04. The van der Waals surface area contributed by atoms with Gasteiger partial charge in [0.15, 0.2) is 0 Å². The van der Waals surface area contributed by atoms with E-state index in [1.54, 1.807) is 11.3 Å². The Labute approximate surface area is 146 Å². The van der Waals surface area contributed by atoms with Crippen LogP contribution >= 0.6 is 11.3 Å². The van der Waals surface area contributed by atoms with Crippen LogP contribution < -0.4 is 10.6 Å². The summed E-state index contributed by atoms with van der Waals surface area (Å²) in [4.78, 5) is 15.6. The SMILES string of the molecule is Cn1cccc1[C@@H](CNC(=O)NCc1cccs1)N1CCOCC1. The standard InChI is InChI=1S/C17H24N4O2S/c1-20-6-2-5-15(20)16(21-7-9-23-10-8-21)13-19-17(22)18-12-14-4-3-11-24-14/h2-6,11,16H,7-10,12-13H2,1H3,(H2,18,19,22)/t16-/m1/s1. The van der Waals surface area contributed by atoms with Crippen LogP contribution in [0.3, 0.4) is 0 Å². The van der Waals surface area contributed by atoms with Crippen LogP contribution in [-0.2, 0) is 18.3 Å². The van der Waals surface area contributed by atoms with E-state index in [1.807, 2.05) is 36.8 Å². The van der Waals surface area contributed by atoms with Crippen molar-refractivity contribution in [3.63, 3.8) is 0 Å². The van der Waals surface area contributed by atoms with E-state index in [9.17, 15) is 4.79 Å². The third-order valence-corrected chi connectivity index (χ3v) is 5.15. The van der Waals surface area contributed by atoms with E-state index in [4.69, 9.17) is 4.74 Å². The van der Waals surface area contributed by atoms with Gasteiger partial charge >= 0.3 is 6.03 Å². The fraction of sp³-hybridized carbons (Fsp3) is 0.471. The van der Waals surface area contributed by atoms with Gasteiger partial charge in [0.2, 0.25) is 0 Å². The molecular formula is C17H24N4O2S. The monoisotopic (exact) mass is 348 g/mol. The second kappa shape index (κ2) is 8.32. The summed E-state index contributed by atoms with van der Waals surface area (Å²) in [7, 11) is 2.04. The summed E-state index contributed by atoms with van der Waals surface area (Å²) >= 11 is 1.64. The molecule has 3 heterocycles. The predicted molar refractivity (Wildman–Crippen MR) is 95.1 cm³/mol. The second-order valence-corrected chi connectivity index (χ2v) is 6.88. The predicted octanol–water partition coefficient (Wildman–Crippen LogP) is 1.96. The van der Waals surface area contributed by atoms with Crippen molar-refractivity contribution in [2.24, 2.45) is 7.05 Å². The topological polar surface area (TPSA) is 58.5 Å². The maximum atomic E-state index is 12.1. The average molecular weight is 348 g/mol. The largest absolute Gasteiger partial charge is 0.379 e. The number of nitrogens with one attached hydrogen (secondary N) is 2. The Morgan fingerprint density at radius 1 is 1.29 bits per heavy atom. The molecule has 0 aromatic carbocycles. The van der Waals surface area contributed by atoms with E-state index in [0.717, 1.165) is 31.2 Å². The van der Waals surface area contributed by atoms with Crippen molar-refractivity contribution in [2.45, 2.75) is 12.6 Å². The lowest BCUT2D eigenvalue weighted by molar-refractivity contribution is 0.0153. The molecule has 0 spiro atoms.